The van der Waals surface area contributed by atoms with E-state index in [9.17, 15) is 4.79 Å². The summed E-state index contributed by atoms with van der Waals surface area (Å²) >= 11 is 0. The van der Waals surface area contributed by atoms with Crippen LogP contribution in [-0.2, 0) is 22.4 Å². The minimum Gasteiger partial charge on any atom is -0.381 e. The molecule has 25 heavy (non-hydrogen) atoms. The zero-order valence-electron chi connectivity index (χ0n) is 14.8. The fraction of sp³-hybridized carbons (Fsp3) is 0.409. The zero-order valence-corrected chi connectivity index (χ0v) is 14.8. The molecular formula is C22H27NO2. The Morgan fingerprint density at radius 1 is 0.960 bits per heavy atom. The normalized spacial score (nSPS) is 16.5. The molecule has 0 bridgehead atoms. The summed E-state index contributed by atoms with van der Waals surface area (Å²) in [6, 6.07) is 21.2. The molecule has 132 valence electrons. The minimum atomic E-state index is 0.277. The number of nitrogens with zero attached hydrogens (tertiary/aromatic N) is 1. The van der Waals surface area contributed by atoms with Gasteiger partial charge in [0.05, 0.1) is 6.61 Å². The monoisotopic (exact) mass is 337 g/mol. The van der Waals surface area contributed by atoms with Gasteiger partial charge in [-0.1, -0.05) is 60.7 Å². The highest BCUT2D eigenvalue weighted by molar-refractivity contribution is 5.77. The van der Waals surface area contributed by atoms with E-state index in [1.54, 1.807) is 0 Å². The van der Waals surface area contributed by atoms with Crippen LogP contribution < -0.4 is 0 Å². The van der Waals surface area contributed by atoms with Crippen molar-refractivity contribution in [2.24, 2.45) is 0 Å². The Morgan fingerprint density at radius 3 is 2.28 bits per heavy atom. The maximum Gasteiger partial charge on any atom is 0.222 e. The van der Waals surface area contributed by atoms with Gasteiger partial charge in [0.25, 0.3) is 0 Å². The summed E-state index contributed by atoms with van der Waals surface area (Å²) in [6.07, 6.45) is 4.42. The third-order valence-corrected chi connectivity index (χ3v) is 4.84. The van der Waals surface area contributed by atoms with Gasteiger partial charge in [0.2, 0.25) is 5.91 Å². The molecule has 1 saturated heterocycles. The quantitative estimate of drug-likeness (QED) is 0.650. The van der Waals surface area contributed by atoms with Gasteiger partial charge < -0.3 is 9.64 Å². The van der Waals surface area contributed by atoms with Crippen LogP contribution in [0.25, 0.3) is 0 Å². The fourth-order valence-corrected chi connectivity index (χ4v) is 3.27. The Morgan fingerprint density at radius 2 is 1.64 bits per heavy atom. The van der Waals surface area contributed by atoms with Gasteiger partial charge in [-0.3, -0.25) is 4.79 Å². The largest absolute Gasteiger partial charge is 0.381 e. The van der Waals surface area contributed by atoms with Gasteiger partial charge in [0, 0.05) is 25.6 Å². The predicted octanol–water partition coefficient (Wildman–Crippen LogP) is 3.87. The van der Waals surface area contributed by atoms with Crippen LogP contribution in [0.1, 0.15) is 30.4 Å². The number of carbonyl (C=O) groups excluding carboxylic acids is 1. The molecule has 2 aromatic carbocycles. The molecule has 0 saturated carbocycles. The van der Waals surface area contributed by atoms with Crippen molar-refractivity contribution in [1.29, 1.82) is 0 Å². The highest BCUT2D eigenvalue weighted by atomic mass is 16.5. The van der Waals surface area contributed by atoms with Crippen LogP contribution in [0.5, 0.6) is 0 Å². The van der Waals surface area contributed by atoms with E-state index in [1.165, 1.54) is 11.1 Å². The molecule has 1 atom stereocenters. The molecule has 0 spiro atoms. The third-order valence-electron chi connectivity index (χ3n) is 4.84. The van der Waals surface area contributed by atoms with Crippen LogP contribution in [-0.4, -0.2) is 36.6 Å². The number of hydrogen-bond acceptors (Lipinski definition) is 2. The smallest absolute Gasteiger partial charge is 0.222 e. The second-order valence-electron chi connectivity index (χ2n) is 6.67. The molecule has 3 nitrogen and oxygen atoms in total. The number of rotatable bonds is 9. The van der Waals surface area contributed by atoms with E-state index in [0.717, 1.165) is 38.8 Å². The molecule has 1 heterocycles. The Balaban J connectivity index is 1.29. The lowest BCUT2D eigenvalue weighted by molar-refractivity contribution is -0.139. The summed E-state index contributed by atoms with van der Waals surface area (Å²) < 4.78 is 5.67. The molecule has 1 amide bonds. The molecule has 0 radical (unpaired) electrons. The standard InChI is InChI=1S/C22H27NO2/c24-22(12-7-16-25-17-14-19-8-3-1-4-9-19)23-15-13-21(23)18-20-10-5-2-6-11-20/h1-6,8-11,21H,7,12-18H2/t21-/m1/s1. The molecule has 1 aliphatic rings. The van der Waals surface area contributed by atoms with Crippen molar-refractivity contribution < 1.29 is 9.53 Å². The lowest BCUT2D eigenvalue weighted by Crippen LogP contribution is -2.52. The van der Waals surface area contributed by atoms with Crippen LogP contribution in [0.3, 0.4) is 0 Å². The van der Waals surface area contributed by atoms with Crippen molar-refractivity contribution in [2.45, 2.75) is 38.1 Å². The second-order valence-corrected chi connectivity index (χ2v) is 6.67. The summed E-state index contributed by atoms with van der Waals surface area (Å²) in [7, 11) is 0. The van der Waals surface area contributed by atoms with Gasteiger partial charge in [-0.05, 0) is 36.8 Å². The molecule has 0 aliphatic carbocycles. The predicted molar refractivity (Wildman–Crippen MR) is 100 cm³/mol. The van der Waals surface area contributed by atoms with Gasteiger partial charge in [-0.15, -0.1) is 0 Å². The summed E-state index contributed by atoms with van der Waals surface area (Å²) in [5, 5.41) is 0. The van der Waals surface area contributed by atoms with E-state index in [1.807, 2.05) is 29.2 Å². The van der Waals surface area contributed by atoms with Crippen LogP contribution in [0.4, 0.5) is 0 Å². The Kier molecular flexibility index (Phi) is 6.63. The van der Waals surface area contributed by atoms with Gasteiger partial charge in [0.15, 0.2) is 0 Å². The van der Waals surface area contributed by atoms with Crippen molar-refractivity contribution in [1.82, 2.24) is 4.90 Å². The molecule has 2 aromatic rings. The summed E-state index contributed by atoms with van der Waals surface area (Å²) in [4.78, 5) is 14.4. The number of amides is 1. The third kappa shape index (κ3) is 5.43. The highest BCUT2D eigenvalue weighted by Crippen LogP contribution is 2.22. The Hall–Kier alpha value is -2.13. The minimum absolute atomic E-state index is 0.277. The summed E-state index contributed by atoms with van der Waals surface area (Å²) in [5.41, 5.74) is 2.61. The average molecular weight is 337 g/mol. The molecule has 3 heteroatoms. The van der Waals surface area contributed by atoms with Gasteiger partial charge in [0.1, 0.15) is 0 Å². The van der Waals surface area contributed by atoms with Crippen molar-refractivity contribution in [3.8, 4) is 0 Å². The molecule has 1 aliphatic heterocycles. The van der Waals surface area contributed by atoms with E-state index < -0.39 is 0 Å². The first-order valence-electron chi connectivity index (χ1n) is 9.28. The van der Waals surface area contributed by atoms with Crippen molar-refractivity contribution in [3.63, 3.8) is 0 Å². The molecule has 0 aromatic heterocycles. The molecule has 1 fully saturated rings. The number of benzene rings is 2. The van der Waals surface area contributed by atoms with Crippen molar-refractivity contribution in [3.05, 3.63) is 71.8 Å². The van der Waals surface area contributed by atoms with E-state index in [4.69, 9.17) is 4.74 Å². The van der Waals surface area contributed by atoms with Crippen molar-refractivity contribution in [2.75, 3.05) is 19.8 Å². The number of likely N-dealkylation sites (tertiary alicyclic amines) is 1. The highest BCUT2D eigenvalue weighted by Gasteiger charge is 2.31. The van der Waals surface area contributed by atoms with Crippen LogP contribution >= 0.6 is 0 Å². The lowest BCUT2D eigenvalue weighted by Gasteiger charge is -2.41. The van der Waals surface area contributed by atoms with Gasteiger partial charge in [-0.25, -0.2) is 0 Å². The van der Waals surface area contributed by atoms with Gasteiger partial charge in [-0.2, -0.15) is 0 Å². The summed E-state index contributed by atoms with van der Waals surface area (Å²) in [6.45, 7) is 2.29. The maximum absolute atomic E-state index is 12.4. The number of carbonyl (C=O) groups is 1. The Labute approximate surface area is 150 Å². The molecule has 3 rings (SSSR count). The van der Waals surface area contributed by atoms with Gasteiger partial charge >= 0.3 is 0 Å². The van der Waals surface area contributed by atoms with E-state index in [0.29, 0.717) is 19.1 Å². The van der Waals surface area contributed by atoms with E-state index >= 15 is 0 Å². The van der Waals surface area contributed by atoms with Crippen LogP contribution in [0, 0.1) is 0 Å². The summed E-state index contributed by atoms with van der Waals surface area (Å²) in [5.74, 6) is 0.277. The lowest BCUT2D eigenvalue weighted by atomic mass is 9.94. The maximum atomic E-state index is 12.4. The van der Waals surface area contributed by atoms with Crippen molar-refractivity contribution >= 4 is 5.91 Å². The fourth-order valence-electron chi connectivity index (χ4n) is 3.27. The first-order chi connectivity index (χ1) is 12.3. The Bertz CT molecular complexity index is 642. The SMILES string of the molecule is O=C(CCCOCCc1ccccc1)N1CC[C@@H]1Cc1ccccc1. The van der Waals surface area contributed by atoms with Crippen LogP contribution in [0.15, 0.2) is 60.7 Å². The zero-order chi connectivity index (χ0) is 17.3. The molecule has 0 unspecified atom stereocenters. The first kappa shape index (κ1) is 17.7. The topological polar surface area (TPSA) is 29.5 Å². The second kappa shape index (κ2) is 9.38. The molecule has 0 N–H and O–H groups in total. The van der Waals surface area contributed by atoms with Crippen LogP contribution in [0.2, 0.25) is 0 Å². The van der Waals surface area contributed by atoms with E-state index in [-0.39, 0.29) is 5.91 Å². The first-order valence-corrected chi connectivity index (χ1v) is 9.28. The average Bonchev–Trinajstić information content (AvgIpc) is 2.63. The number of hydrogen-bond donors (Lipinski definition) is 0. The number of ether oxygens (including phenoxy) is 1. The molecular weight excluding hydrogens is 310 g/mol. The van der Waals surface area contributed by atoms with E-state index in [2.05, 4.69) is 36.4 Å².